The molecule has 1 N–H and O–H groups in total. The zero-order valence-electron chi connectivity index (χ0n) is 10.4. The molecule has 1 aliphatic rings. The highest BCUT2D eigenvalue weighted by molar-refractivity contribution is 5.51. The van der Waals surface area contributed by atoms with E-state index < -0.39 is 0 Å². The molecule has 0 bridgehead atoms. The molecule has 1 saturated heterocycles. The molecule has 0 atom stereocenters. The summed E-state index contributed by atoms with van der Waals surface area (Å²) in [6, 6.07) is 3.82. The van der Waals surface area contributed by atoms with E-state index in [4.69, 9.17) is 4.74 Å². The van der Waals surface area contributed by atoms with Crippen LogP contribution >= 0.6 is 0 Å². The Morgan fingerprint density at radius 2 is 1.95 bits per heavy atom. The lowest BCUT2D eigenvalue weighted by molar-refractivity contribution is 0.122. The second-order valence-electron chi connectivity index (χ2n) is 4.09. The van der Waals surface area contributed by atoms with Gasteiger partial charge in [0, 0.05) is 25.5 Å². The van der Waals surface area contributed by atoms with E-state index in [-0.39, 0.29) is 0 Å². The number of hydrogen-bond donors (Lipinski definition) is 1. The Kier molecular flexibility index (Phi) is 3.46. The first-order valence-corrected chi connectivity index (χ1v) is 6.11. The molecular formula is C12H14N6O. The van der Waals surface area contributed by atoms with E-state index in [0.717, 1.165) is 32.1 Å². The lowest BCUT2D eigenvalue weighted by atomic mass is 10.4. The highest BCUT2D eigenvalue weighted by Gasteiger charge is 2.12. The molecule has 0 spiro atoms. The number of rotatable bonds is 3. The van der Waals surface area contributed by atoms with Crippen LogP contribution in [0.4, 0.5) is 17.5 Å². The summed E-state index contributed by atoms with van der Waals surface area (Å²) in [7, 11) is 0. The van der Waals surface area contributed by atoms with Crippen LogP contribution < -0.4 is 10.2 Å². The number of anilines is 3. The summed E-state index contributed by atoms with van der Waals surface area (Å²) < 4.78 is 5.31. The molecule has 0 radical (unpaired) electrons. The van der Waals surface area contributed by atoms with E-state index in [1.165, 1.54) is 0 Å². The Labute approximate surface area is 110 Å². The highest BCUT2D eigenvalue weighted by Crippen LogP contribution is 2.15. The zero-order chi connectivity index (χ0) is 12.9. The zero-order valence-corrected chi connectivity index (χ0v) is 10.4. The summed E-state index contributed by atoms with van der Waals surface area (Å²) >= 11 is 0. The molecule has 3 rings (SSSR count). The van der Waals surface area contributed by atoms with Crippen molar-refractivity contribution in [1.29, 1.82) is 0 Å². The van der Waals surface area contributed by atoms with Gasteiger partial charge in [0.25, 0.3) is 0 Å². The minimum Gasteiger partial charge on any atom is -0.378 e. The molecule has 1 fully saturated rings. The fourth-order valence-electron chi connectivity index (χ4n) is 1.85. The van der Waals surface area contributed by atoms with Crippen LogP contribution in [-0.2, 0) is 4.74 Å². The molecule has 7 heteroatoms. The normalized spacial score (nSPS) is 15.3. The third kappa shape index (κ3) is 2.94. The van der Waals surface area contributed by atoms with Crippen molar-refractivity contribution in [3.8, 4) is 0 Å². The number of ether oxygens (including phenoxy) is 1. The Morgan fingerprint density at radius 3 is 2.63 bits per heavy atom. The fourth-order valence-corrected chi connectivity index (χ4v) is 1.85. The minimum atomic E-state index is 0.649. The van der Waals surface area contributed by atoms with Gasteiger partial charge in [-0.3, -0.25) is 4.98 Å². The minimum absolute atomic E-state index is 0.649. The lowest BCUT2D eigenvalue weighted by Crippen LogP contribution is -2.36. The second kappa shape index (κ2) is 5.57. The molecule has 0 saturated carbocycles. The first kappa shape index (κ1) is 11.8. The van der Waals surface area contributed by atoms with E-state index in [1.54, 1.807) is 18.6 Å². The van der Waals surface area contributed by atoms with Gasteiger partial charge in [0.05, 0.1) is 19.4 Å². The van der Waals surface area contributed by atoms with Gasteiger partial charge in [-0.2, -0.15) is 0 Å². The first-order valence-electron chi connectivity index (χ1n) is 6.11. The van der Waals surface area contributed by atoms with Crippen LogP contribution in [0.5, 0.6) is 0 Å². The molecule has 0 aromatic carbocycles. The molecule has 1 aliphatic heterocycles. The van der Waals surface area contributed by atoms with Gasteiger partial charge in [-0.1, -0.05) is 0 Å². The highest BCUT2D eigenvalue weighted by atomic mass is 16.5. The van der Waals surface area contributed by atoms with Gasteiger partial charge in [0.2, 0.25) is 0 Å². The van der Waals surface area contributed by atoms with Gasteiger partial charge in [-0.05, 0) is 12.1 Å². The van der Waals surface area contributed by atoms with Crippen molar-refractivity contribution in [3.05, 3.63) is 30.7 Å². The van der Waals surface area contributed by atoms with Crippen molar-refractivity contribution in [1.82, 2.24) is 20.2 Å². The van der Waals surface area contributed by atoms with Gasteiger partial charge >= 0.3 is 0 Å². The van der Waals surface area contributed by atoms with Gasteiger partial charge in [0.15, 0.2) is 11.6 Å². The maximum Gasteiger partial charge on any atom is 0.154 e. The largest absolute Gasteiger partial charge is 0.378 e. The summed E-state index contributed by atoms with van der Waals surface area (Å²) in [6.07, 6.45) is 4.88. The van der Waals surface area contributed by atoms with Gasteiger partial charge in [-0.15, -0.1) is 10.2 Å². The summed E-state index contributed by atoms with van der Waals surface area (Å²) in [6.45, 7) is 3.18. The average Bonchev–Trinajstić information content (AvgIpc) is 2.50. The summed E-state index contributed by atoms with van der Waals surface area (Å²) in [4.78, 5) is 10.2. The third-order valence-corrected chi connectivity index (χ3v) is 2.80. The Hall–Kier alpha value is -2.28. The number of nitrogens with one attached hydrogen (secondary N) is 1. The fraction of sp³-hybridized carbons (Fsp3) is 0.333. The molecule has 0 aliphatic carbocycles. The Balaban J connectivity index is 1.68. The van der Waals surface area contributed by atoms with Crippen molar-refractivity contribution in [2.24, 2.45) is 0 Å². The van der Waals surface area contributed by atoms with E-state index in [9.17, 15) is 0 Å². The van der Waals surface area contributed by atoms with Gasteiger partial charge in [-0.25, -0.2) is 4.98 Å². The number of morpholine rings is 1. The molecule has 7 nitrogen and oxygen atoms in total. The van der Waals surface area contributed by atoms with E-state index in [1.807, 2.05) is 12.1 Å². The second-order valence-corrected chi connectivity index (χ2v) is 4.09. The SMILES string of the molecule is c1cnc(Nc2ccc(N3CCOCC3)nn2)cn1. The smallest absolute Gasteiger partial charge is 0.154 e. The van der Waals surface area contributed by atoms with Crippen LogP contribution in [0.3, 0.4) is 0 Å². The van der Waals surface area contributed by atoms with Crippen molar-refractivity contribution in [2.75, 3.05) is 36.5 Å². The predicted octanol–water partition coefficient (Wildman–Crippen LogP) is 0.847. The maximum atomic E-state index is 5.31. The van der Waals surface area contributed by atoms with Crippen molar-refractivity contribution < 1.29 is 4.74 Å². The summed E-state index contributed by atoms with van der Waals surface area (Å²) in [5, 5.41) is 11.4. The van der Waals surface area contributed by atoms with Crippen molar-refractivity contribution >= 4 is 17.5 Å². The lowest BCUT2D eigenvalue weighted by Gasteiger charge is -2.27. The molecular weight excluding hydrogens is 244 g/mol. The van der Waals surface area contributed by atoms with Crippen molar-refractivity contribution in [3.63, 3.8) is 0 Å². The van der Waals surface area contributed by atoms with Gasteiger partial charge < -0.3 is 15.0 Å². The number of nitrogens with zero attached hydrogens (tertiary/aromatic N) is 5. The number of aromatic nitrogens is 4. The molecule has 0 amide bonds. The van der Waals surface area contributed by atoms with E-state index >= 15 is 0 Å². The van der Waals surface area contributed by atoms with Crippen LogP contribution in [0.15, 0.2) is 30.7 Å². The van der Waals surface area contributed by atoms with Crippen LogP contribution in [-0.4, -0.2) is 46.5 Å². The topological polar surface area (TPSA) is 76.1 Å². The average molecular weight is 258 g/mol. The van der Waals surface area contributed by atoms with Crippen LogP contribution in [0.1, 0.15) is 0 Å². The van der Waals surface area contributed by atoms with E-state index in [2.05, 4.69) is 30.4 Å². The molecule has 2 aromatic rings. The standard InChI is InChI=1S/C12H14N6O/c1-2-12(18-5-7-19-8-6-18)17-16-10(1)15-11-9-13-3-4-14-11/h1-4,9H,5-8H2,(H,14,15,16). The predicted molar refractivity (Wildman–Crippen MR) is 70.4 cm³/mol. The molecule has 2 aromatic heterocycles. The monoisotopic (exact) mass is 258 g/mol. The molecule has 19 heavy (non-hydrogen) atoms. The summed E-state index contributed by atoms with van der Waals surface area (Å²) in [5.41, 5.74) is 0. The Bertz CT molecular complexity index is 512. The first-order chi connectivity index (χ1) is 9.42. The van der Waals surface area contributed by atoms with Crippen LogP contribution in [0, 0.1) is 0 Å². The summed E-state index contributed by atoms with van der Waals surface area (Å²) in [5.74, 6) is 2.17. The molecule has 0 unspecified atom stereocenters. The number of hydrogen-bond acceptors (Lipinski definition) is 7. The van der Waals surface area contributed by atoms with Crippen LogP contribution in [0.25, 0.3) is 0 Å². The maximum absolute atomic E-state index is 5.31. The molecule has 3 heterocycles. The van der Waals surface area contributed by atoms with Crippen LogP contribution in [0.2, 0.25) is 0 Å². The van der Waals surface area contributed by atoms with Crippen molar-refractivity contribution in [2.45, 2.75) is 0 Å². The third-order valence-electron chi connectivity index (χ3n) is 2.80. The quantitative estimate of drug-likeness (QED) is 0.874. The van der Waals surface area contributed by atoms with Gasteiger partial charge in [0.1, 0.15) is 5.82 Å². The Morgan fingerprint density at radius 1 is 1.05 bits per heavy atom. The molecule has 98 valence electrons. The van der Waals surface area contributed by atoms with E-state index in [0.29, 0.717) is 11.6 Å².